The molecule has 0 fully saturated rings. The van der Waals surface area contributed by atoms with E-state index in [-0.39, 0.29) is 0 Å². The van der Waals surface area contributed by atoms with E-state index in [0.29, 0.717) is 0 Å². The van der Waals surface area contributed by atoms with Gasteiger partial charge in [-0.15, -0.1) is 22.7 Å². The van der Waals surface area contributed by atoms with Crippen molar-refractivity contribution < 1.29 is 0 Å². The van der Waals surface area contributed by atoms with Gasteiger partial charge in [0.05, 0.1) is 22.4 Å². The Balaban J connectivity index is 1.33. The van der Waals surface area contributed by atoms with Crippen LogP contribution in [0.2, 0.25) is 0 Å². The van der Waals surface area contributed by atoms with Crippen molar-refractivity contribution in [1.29, 1.82) is 0 Å². The van der Waals surface area contributed by atoms with Gasteiger partial charge in [-0.1, -0.05) is 109 Å². The Hall–Kier alpha value is -5.36. The predicted molar refractivity (Wildman–Crippen MR) is 193 cm³/mol. The molecule has 6 aromatic carbocycles. The van der Waals surface area contributed by atoms with Crippen LogP contribution in [0.4, 0.5) is 0 Å². The highest BCUT2D eigenvalue weighted by Crippen LogP contribution is 2.46. The van der Waals surface area contributed by atoms with Crippen molar-refractivity contribution in [3.8, 4) is 28.3 Å². The summed E-state index contributed by atoms with van der Waals surface area (Å²) < 4.78 is 6.31. The first-order valence-electron chi connectivity index (χ1n) is 15.0. The van der Waals surface area contributed by atoms with Gasteiger partial charge in [-0.05, 0) is 30.3 Å². The second-order valence-electron chi connectivity index (χ2n) is 11.3. The van der Waals surface area contributed by atoms with Gasteiger partial charge in [0.25, 0.3) is 0 Å². The summed E-state index contributed by atoms with van der Waals surface area (Å²) in [6.07, 6.45) is 0. The molecule has 0 saturated heterocycles. The molecule has 0 radical (unpaired) electrons. The molecule has 4 heterocycles. The second kappa shape index (κ2) is 9.57. The highest BCUT2D eigenvalue weighted by Gasteiger charge is 2.22. The van der Waals surface area contributed by atoms with Crippen LogP contribution in [0.15, 0.2) is 140 Å². The van der Waals surface area contributed by atoms with E-state index in [0.717, 1.165) is 38.5 Å². The lowest BCUT2D eigenvalue weighted by atomic mass is 10.0. The third-order valence-electron chi connectivity index (χ3n) is 8.85. The minimum Gasteiger partial charge on any atom is -0.309 e. The average Bonchev–Trinajstić information content (AvgIpc) is 3.77. The standard InChI is InChI=1S/C40H23N3S2/c1-2-12-24(13-3-1)39-41-37(36-29-17-7-11-21-34(29)45-40(36)42-39)28-16-5-9-19-31(28)43-30-18-8-4-15-27(30)35-32(43)23-22-26-25-14-6-10-20-33(25)44-38(26)35/h1-23H. The van der Waals surface area contributed by atoms with Gasteiger partial charge in [0.15, 0.2) is 5.82 Å². The highest BCUT2D eigenvalue weighted by atomic mass is 32.1. The van der Waals surface area contributed by atoms with Crippen molar-refractivity contribution in [1.82, 2.24) is 14.5 Å². The molecule has 0 spiro atoms. The number of nitrogens with zero attached hydrogens (tertiary/aromatic N) is 3. The Morgan fingerprint density at radius 3 is 2.02 bits per heavy atom. The third kappa shape index (κ3) is 3.62. The summed E-state index contributed by atoms with van der Waals surface area (Å²) in [7, 11) is 0. The number of thiophene rings is 2. The van der Waals surface area contributed by atoms with Crippen molar-refractivity contribution in [2.24, 2.45) is 0 Å². The number of hydrogen-bond acceptors (Lipinski definition) is 4. The Bertz CT molecular complexity index is 2770. The van der Waals surface area contributed by atoms with Crippen LogP contribution in [-0.4, -0.2) is 14.5 Å². The lowest BCUT2D eigenvalue weighted by Crippen LogP contribution is -2.00. The fourth-order valence-corrected chi connectivity index (χ4v) is 9.23. The first-order chi connectivity index (χ1) is 22.3. The van der Waals surface area contributed by atoms with E-state index in [1.165, 1.54) is 52.1 Å². The van der Waals surface area contributed by atoms with Gasteiger partial charge < -0.3 is 4.57 Å². The van der Waals surface area contributed by atoms with Crippen LogP contribution in [0.3, 0.4) is 0 Å². The molecule has 10 aromatic rings. The molecule has 0 aliphatic carbocycles. The first-order valence-corrected chi connectivity index (χ1v) is 16.6. The molecule has 3 nitrogen and oxygen atoms in total. The Labute approximate surface area is 266 Å². The molecule has 10 rings (SSSR count). The van der Waals surface area contributed by atoms with Crippen LogP contribution in [0.5, 0.6) is 0 Å². The SMILES string of the molecule is c1ccc(-c2nc(-c3ccccc3-n3c4ccccc4c4c5sc6ccccc6c5ccc43)c3c(n2)sc2ccccc23)cc1. The number of aromatic nitrogens is 3. The van der Waals surface area contributed by atoms with Crippen LogP contribution in [0, 0.1) is 0 Å². The molecule has 210 valence electrons. The fourth-order valence-electron chi connectivity index (χ4n) is 6.90. The number of hydrogen-bond donors (Lipinski definition) is 0. The van der Waals surface area contributed by atoms with Gasteiger partial charge in [-0.25, -0.2) is 9.97 Å². The normalized spacial score (nSPS) is 12.0. The van der Waals surface area contributed by atoms with Crippen molar-refractivity contribution in [3.63, 3.8) is 0 Å². The molecule has 0 aliphatic rings. The molecule has 5 heteroatoms. The zero-order valence-corrected chi connectivity index (χ0v) is 25.6. The van der Waals surface area contributed by atoms with E-state index in [1.54, 1.807) is 11.3 Å². The second-order valence-corrected chi connectivity index (χ2v) is 13.4. The maximum atomic E-state index is 5.36. The molecule has 0 bridgehead atoms. The number of rotatable bonds is 3. The molecular weight excluding hydrogens is 587 g/mol. The van der Waals surface area contributed by atoms with Crippen LogP contribution >= 0.6 is 22.7 Å². The van der Waals surface area contributed by atoms with E-state index in [1.807, 2.05) is 29.5 Å². The third-order valence-corrected chi connectivity index (χ3v) is 11.1. The molecule has 0 saturated carbocycles. The molecule has 0 aliphatic heterocycles. The molecule has 4 aromatic heterocycles. The van der Waals surface area contributed by atoms with Crippen LogP contribution in [-0.2, 0) is 0 Å². The number of fused-ring (bicyclic) bond motifs is 10. The zero-order chi connectivity index (χ0) is 29.5. The first kappa shape index (κ1) is 25.0. The van der Waals surface area contributed by atoms with Crippen molar-refractivity contribution in [2.75, 3.05) is 0 Å². The monoisotopic (exact) mass is 609 g/mol. The van der Waals surface area contributed by atoms with Crippen LogP contribution in [0.25, 0.3) is 90.6 Å². The minimum atomic E-state index is 0.744. The fraction of sp³-hybridized carbons (Fsp3) is 0. The van der Waals surface area contributed by atoms with E-state index >= 15 is 0 Å². The average molecular weight is 610 g/mol. The van der Waals surface area contributed by atoms with E-state index in [4.69, 9.17) is 9.97 Å². The van der Waals surface area contributed by atoms with E-state index < -0.39 is 0 Å². The Morgan fingerprint density at radius 2 is 1.16 bits per heavy atom. The Kier molecular flexibility index (Phi) is 5.32. The maximum absolute atomic E-state index is 5.36. The summed E-state index contributed by atoms with van der Waals surface area (Å²) >= 11 is 3.62. The lowest BCUT2D eigenvalue weighted by Gasteiger charge is -2.15. The quantitative estimate of drug-likeness (QED) is 0.199. The minimum absolute atomic E-state index is 0.744. The topological polar surface area (TPSA) is 30.7 Å². The van der Waals surface area contributed by atoms with Gasteiger partial charge in [0.2, 0.25) is 0 Å². The summed E-state index contributed by atoms with van der Waals surface area (Å²) in [4.78, 5) is 11.5. The number of para-hydroxylation sites is 2. The molecule has 45 heavy (non-hydrogen) atoms. The number of benzene rings is 6. The highest BCUT2D eigenvalue weighted by molar-refractivity contribution is 7.27. The van der Waals surface area contributed by atoms with Gasteiger partial charge in [0.1, 0.15) is 4.83 Å². The molecular formula is C40H23N3S2. The van der Waals surface area contributed by atoms with Gasteiger partial charge in [-0.2, -0.15) is 0 Å². The summed E-state index contributed by atoms with van der Waals surface area (Å²) in [5, 5.41) is 7.49. The molecule has 0 atom stereocenters. The lowest BCUT2D eigenvalue weighted by molar-refractivity contribution is 1.17. The predicted octanol–water partition coefficient (Wildman–Crippen LogP) is 11.6. The molecule has 0 N–H and O–H groups in total. The summed E-state index contributed by atoms with van der Waals surface area (Å²) in [5.74, 6) is 0.744. The van der Waals surface area contributed by atoms with Crippen LogP contribution < -0.4 is 0 Å². The van der Waals surface area contributed by atoms with E-state index in [9.17, 15) is 0 Å². The smallest absolute Gasteiger partial charge is 0.161 e. The van der Waals surface area contributed by atoms with Crippen molar-refractivity contribution >= 4 is 85.0 Å². The molecule has 0 amide bonds. The zero-order valence-electron chi connectivity index (χ0n) is 23.9. The summed E-state index contributed by atoms with van der Waals surface area (Å²) in [5.41, 5.74) is 6.56. The maximum Gasteiger partial charge on any atom is 0.161 e. The Morgan fingerprint density at radius 1 is 0.467 bits per heavy atom. The van der Waals surface area contributed by atoms with E-state index in [2.05, 4.69) is 126 Å². The van der Waals surface area contributed by atoms with Gasteiger partial charge >= 0.3 is 0 Å². The summed E-state index contributed by atoms with van der Waals surface area (Å²) in [6.45, 7) is 0. The summed E-state index contributed by atoms with van der Waals surface area (Å²) in [6, 6.07) is 49.8. The largest absolute Gasteiger partial charge is 0.309 e. The van der Waals surface area contributed by atoms with Crippen molar-refractivity contribution in [2.45, 2.75) is 0 Å². The van der Waals surface area contributed by atoms with Gasteiger partial charge in [0, 0.05) is 57.5 Å². The van der Waals surface area contributed by atoms with Crippen LogP contribution in [0.1, 0.15) is 0 Å². The van der Waals surface area contributed by atoms with Crippen molar-refractivity contribution in [3.05, 3.63) is 140 Å². The molecule has 0 unspecified atom stereocenters. The van der Waals surface area contributed by atoms with Gasteiger partial charge in [-0.3, -0.25) is 0 Å².